The van der Waals surface area contributed by atoms with Crippen LogP contribution < -0.4 is 5.73 Å². The van der Waals surface area contributed by atoms with Gasteiger partial charge in [-0.1, -0.05) is 0 Å². The van der Waals surface area contributed by atoms with Crippen molar-refractivity contribution in [2.24, 2.45) is 5.73 Å². The first-order valence-corrected chi connectivity index (χ1v) is 5.62. The molecular formula is C12H18N4. The Morgan fingerprint density at radius 1 is 1.38 bits per heavy atom. The van der Waals surface area contributed by atoms with Crippen molar-refractivity contribution in [2.45, 2.75) is 33.5 Å². The lowest BCUT2D eigenvalue weighted by Crippen LogP contribution is -2.11. The van der Waals surface area contributed by atoms with Gasteiger partial charge in [-0.3, -0.25) is 4.68 Å². The zero-order chi connectivity index (χ0) is 11.5. The number of hydrogen-bond donors (Lipinski definition) is 1. The molecule has 2 aromatic heterocycles. The molecule has 0 fully saturated rings. The molecule has 0 unspecified atom stereocenters. The molecule has 0 aliphatic carbocycles. The Kier molecular flexibility index (Phi) is 3.10. The maximum absolute atomic E-state index is 5.68. The van der Waals surface area contributed by atoms with Crippen LogP contribution in [0.5, 0.6) is 0 Å². The van der Waals surface area contributed by atoms with Gasteiger partial charge in [0.15, 0.2) is 0 Å². The fourth-order valence-corrected chi connectivity index (χ4v) is 1.96. The van der Waals surface area contributed by atoms with Gasteiger partial charge in [-0.15, -0.1) is 0 Å². The van der Waals surface area contributed by atoms with Crippen molar-refractivity contribution in [1.29, 1.82) is 0 Å². The summed E-state index contributed by atoms with van der Waals surface area (Å²) < 4.78 is 4.21. The number of nitrogens with two attached hydrogens (primary N) is 1. The van der Waals surface area contributed by atoms with E-state index in [4.69, 9.17) is 5.73 Å². The Bertz CT molecular complexity index is 467. The van der Waals surface area contributed by atoms with Crippen molar-refractivity contribution in [3.8, 4) is 0 Å². The van der Waals surface area contributed by atoms with E-state index in [1.807, 2.05) is 17.7 Å². The second kappa shape index (κ2) is 4.53. The van der Waals surface area contributed by atoms with Crippen LogP contribution in [0.15, 0.2) is 24.4 Å². The minimum absolute atomic E-state index is 0.576. The summed E-state index contributed by atoms with van der Waals surface area (Å²) in [5.74, 6) is 0. The Hall–Kier alpha value is -1.55. The summed E-state index contributed by atoms with van der Waals surface area (Å²) >= 11 is 0. The molecule has 0 saturated carbocycles. The SMILES string of the molecule is CCn1nc(C)cc1Cn1cccc1CN. The molecule has 4 heteroatoms. The van der Waals surface area contributed by atoms with Gasteiger partial charge < -0.3 is 10.3 Å². The van der Waals surface area contributed by atoms with Gasteiger partial charge in [-0.05, 0) is 32.0 Å². The summed E-state index contributed by atoms with van der Waals surface area (Å²) in [5, 5.41) is 4.44. The second-order valence-electron chi connectivity index (χ2n) is 3.92. The van der Waals surface area contributed by atoms with Crippen molar-refractivity contribution in [3.05, 3.63) is 41.5 Å². The van der Waals surface area contributed by atoms with Gasteiger partial charge in [-0.25, -0.2) is 0 Å². The quantitative estimate of drug-likeness (QED) is 0.845. The second-order valence-corrected chi connectivity index (χ2v) is 3.92. The molecule has 2 aromatic rings. The van der Waals surface area contributed by atoms with E-state index in [2.05, 4.69) is 34.9 Å². The van der Waals surface area contributed by atoms with Gasteiger partial charge in [-0.2, -0.15) is 5.10 Å². The van der Waals surface area contributed by atoms with Crippen LogP contribution in [0.4, 0.5) is 0 Å². The van der Waals surface area contributed by atoms with Gasteiger partial charge in [0.1, 0.15) is 0 Å². The highest BCUT2D eigenvalue weighted by Gasteiger charge is 2.06. The molecular weight excluding hydrogens is 200 g/mol. The van der Waals surface area contributed by atoms with Crippen molar-refractivity contribution in [1.82, 2.24) is 14.3 Å². The Labute approximate surface area is 95.7 Å². The van der Waals surface area contributed by atoms with Crippen molar-refractivity contribution < 1.29 is 0 Å². The fourth-order valence-electron chi connectivity index (χ4n) is 1.96. The molecule has 0 aromatic carbocycles. The van der Waals surface area contributed by atoms with E-state index in [0.29, 0.717) is 6.54 Å². The smallest absolute Gasteiger partial charge is 0.0642 e. The minimum Gasteiger partial charge on any atom is -0.344 e. The van der Waals surface area contributed by atoms with Crippen LogP contribution in [0, 0.1) is 6.92 Å². The lowest BCUT2D eigenvalue weighted by atomic mass is 10.3. The van der Waals surface area contributed by atoms with E-state index in [0.717, 1.165) is 24.5 Å². The van der Waals surface area contributed by atoms with E-state index >= 15 is 0 Å². The first-order valence-electron chi connectivity index (χ1n) is 5.62. The maximum atomic E-state index is 5.68. The molecule has 0 saturated heterocycles. The Morgan fingerprint density at radius 2 is 2.19 bits per heavy atom. The predicted octanol–water partition coefficient (Wildman–Crippen LogP) is 1.52. The number of hydrogen-bond acceptors (Lipinski definition) is 2. The zero-order valence-electron chi connectivity index (χ0n) is 9.85. The molecule has 86 valence electrons. The van der Waals surface area contributed by atoms with E-state index in [-0.39, 0.29) is 0 Å². The summed E-state index contributed by atoms with van der Waals surface area (Å²) in [6.45, 7) is 6.45. The fraction of sp³-hybridized carbons (Fsp3) is 0.417. The van der Waals surface area contributed by atoms with Crippen molar-refractivity contribution in [3.63, 3.8) is 0 Å². The van der Waals surface area contributed by atoms with Crippen molar-refractivity contribution in [2.75, 3.05) is 0 Å². The lowest BCUT2D eigenvalue weighted by Gasteiger charge is -2.09. The molecule has 0 bridgehead atoms. The molecule has 0 atom stereocenters. The highest BCUT2D eigenvalue weighted by Crippen LogP contribution is 2.09. The van der Waals surface area contributed by atoms with Gasteiger partial charge in [0, 0.05) is 25.0 Å². The minimum atomic E-state index is 0.576. The molecule has 0 radical (unpaired) electrons. The van der Waals surface area contributed by atoms with Crippen LogP contribution in [0.1, 0.15) is 24.0 Å². The molecule has 2 rings (SSSR count). The van der Waals surface area contributed by atoms with Gasteiger partial charge in [0.2, 0.25) is 0 Å². The normalized spacial score (nSPS) is 10.9. The third kappa shape index (κ3) is 2.02. The summed E-state index contributed by atoms with van der Waals surface area (Å²) in [5.41, 5.74) is 9.13. The highest BCUT2D eigenvalue weighted by atomic mass is 15.3. The third-order valence-electron chi connectivity index (χ3n) is 2.75. The lowest BCUT2D eigenvalue weighted by molar-refractivity contribution is 0.591. The standard InChI is InChI=1S/C12H18N4/c1-3-16-12(7-10(2)14-16)9-15-6-4-5-11(15)8-13/h4-7H,3,8-9,13H2,1-2H3. The Balaban J connectivity index is 2.26. The third-order valence-corrected chi connectivity index (χ3v) is 2.75. The number of nitrogens with zero attached hydrogens (tertiary/aromatic N) is 3. The van der Waals surface area contributed by atoms with Crippen molar-refractivity contribution >= 4 is 0 Å². The van der Waals surface area contributed by atoms with Crippen LogP contribution in [-0.2, 0) is 19.6 Å². The van der Waals surface area contributed by atoms with E-state index in [1.165, 1.54) is 5.69 Å². The monoisotopic (exact) mass is 218 g/mol. The van der Waals surface area contributed by atoms with Crippen LogP contribution in [0.3, 0.4) is 0 Å². The van der Waals surface area contributed by atoms with Gasteiger partial charge in [0.25, 0.3) is 0 Å². The van der Waals surface area contributed by atoms with Crippen LogP contribution in [-0.4, -0.2) is 14.3 Å². The molecule has 2 N–H and O–H groups in total. The number of aromatic nitrogens is 3. The van der Waals surface area contributed by atoms with Crippen LogP contribution in [0.2, 0.25) is 0 Å². The largest absolute Gasteiger partial charge is 0.344 e. The molecule has 0 spiro atoms. The number of aryl methyl sites for hydroxylation is 2. The molecule has 16 heavy (non-hydrogen) atoms. The average Bonchev–Trinajstić information content (AvgIpc) is 2.85. The molecule has 0 amide bonds. The zero-order valence-corrected chi connectivity index (χ0v) is 9.85. The summed E-state index contributed by atoms with van der Waals surface area (Å²) in [6, 6.07) is 6.21. The molecule has 0 aliphatic heterocycles. The topological polar surface area (TPSA) is 48.8 Å². The van der Waals surface area contributed by atoms with Gasteiger partial charge >= 0.3 is 0 Å². The summed E-state index contributed by atoms with van der Waals surface area (Å²) in [6.07, 6.45) is 2.06. The highest BCUT2D eigenvalue weighted by molar-refractivity contribution is 5.13. The molecule has 4 nitrogen and oxygen atoms in total. The molecule has 0 aliphatic rings. The molecule has 2 heterocycles. The Morgan fingerprint density at radius 3 is 2.88 bits per heavy atom. The van der Waals surface area contributed by atoms with Gasteiger partial charge in [0.05, 0.1) is 17.9 Å². The average molecular weight is 218 g/mol. The maximum Gasteiger partial charge on any atom is 0.0642 e. The van der Waals surface area contributed by atoms with Crippen LogP contribution in [0.25, 0.3) is 0 Å². The summed E-state index contributed by atoms with van der Waals surface area (Å²) in [7, 11) is 0. The first kappa shape index (κ1) is 11.0. The van der Waals surface area contributed by atoms with E-state index in [1.54, 1.807) is 0 Å². The predicted molar refractivity (Wildman–Crippen MR) is 64.1 cm³/mol. The van der Waals surface area contributed by atoms with E-state index in [9.17, 15) is 0 Å². The van der Waals surface area contributed by atoms with Crippen LogP contribution >= 0.6 is 0 Å². The van der Waals surface area contributed by atoms with E-state index < -0.39 is 0 Å². The summed E-state index contributed by atoms with van der Waals surface area (Å²) in [4.78, 5) is 0. The first-order chi connectivity index (χ1) is 7.74. The number of rotatable bonds is 4.